The first-order valence-electron chi connectivity index (χ1n) is 5.18. The van der Waals surface area contributed by atoms with E-state index in [4.69, 9.17) is 28.9 Å². The fourth-order valence-corrected chi connectivity index (χ4v) is 4.06. The first-order valence-corrected chi connectivity index (χ1v) is 8.29. The molecule has 0 aliphatic carbocycles. The second-order valence-electron chi connectivity index (χ2n) is 3.71. The maximum absolute atomic E-state index is 12.2. The van der Waals surface area contributed by atoms with E-state index in [1.54, 1.807) is 11.4 Å². The molecule has 19 heavy (non-hydrogen) atoms. The molecule has 0 amide bonds. The van der Waals surface area contributed by atoms with Gasteiger partial charge in [0.2, 0.25) is 0 Å². The molecule has 4 nitrogen and oxygen atoms in total. The van der Waals surface area contributed by atoms with Crippen LogP contribution in [-0.2, 0) is 16.6 Å². The molecule has 2 rings (SSSR count). The molecule has 0 radical (unpaired) electrons. The van der Waals surface area contributed by atoms with Gasteiger partial charge in [0.15, 0.2) is 0 Å². The number of hydrogen-bond donors (Lipinski definition) is 2. The lowest BCUT2D eigenvalue weighted by molar-refractivity contribution is 0.603. The lowest BCUT2D eigenvalue weighted by atomic mass is 10.3. The van der Waals surface area contributed by atoms with Crippen molar-refractivity contribution in [1.29, 1.82) is 0 Å². The molecule has 0 saturated carbocycles. The smallest absolute Gasteiger partial charge is 0.271 e. The number of halogens is 2. The van der Waals surface area contributed by atoms with Crippen molar-refractivity contribution < 1.29 is 8.42 Å². The average Bonchev–Trinajstić information content (AvgIpc) is 2.83. The largest absolute Gasteiger partial charge is 0.326 e. The zero-order chi connectivity index (χ0) is 14.0. The van der Waals surface area contributed by atoms with Gasteiger partial charge in [-0.25, -0.2) is 8.42 Å². The summed E-state index contributed by atoms with van der Waals surface area (Å²) in [7, 11) is -3.67. The molecule has 1 heterocycles. The quantitative estimate of drug-likeness (QED) is 0.899. The van der Waals surface area contributed by atoms with E-state index in [-0.39, 0.29) is 14.9 Å². The summed E-state index contributed by atoms with van der Waals surface area (Å²) in [6, 6.07) is 6.10. The van der Waals surface area contributed by atoms with Gasteiger partial charge in [-0.1, -0.05) is 23.2 Å². The number of thiophene rings is 1. The van der Waals surface area contributed by atoms with Crippen LogP contribution in [0.2, 0.25) is 10.0 Å². The maximum atomic E-state index is 12.2. The third-order valence-electron chi connectivity index (χ3n) is 2.30. The van der Waals surface area contributed by atoms with Gasteiger partial charge in [-0.3, -0.25) is 4.72 Å². The number of benzene rings is 1. The SMILES string of the molecule is NCc1csc(S(=O)(=O)Nc2cc(Cl)ccc2Cl)c1. The van der Waals surface area contributed by atoms with E-state index in [1.165, 1.54) is 18.2 Å². The molecule has 0 saturated heterocycles. The van der Waals surface area contributed by atoms with Crippen LogP contribution in [0, 0.1) is 0 Å². The highest BCUT2D eigenvalue weighted by atomic mass is 35.5. The average molecular weight is 337 g/mol. The fourth-order valence-electron chi connectivity index (χ4n) is 1.37. The van der Waals surface area contributed by atoms with E-state index in [2.05, 4.69) is 4.72 Å². The molecular formula is C11H10Cl2N2O2S2. The lowest BCUT2D eigenvalue weighted by Gasteiger charge is -2.08. The normalized spacial score (nSPS) is 11.5. The van der Waals surface area contributed by atoms with Crippen molar-refractivity contribution >= 4 is 50.2 Å². The Morgan fingerprint density at radius 1 is 1.26 bits per heavy atom. The minimum absolute atomic E-state index is 0.184. The minimum atomic E-state index is -3.67. The van der Waals surface area contributed by atoms with Gasteiger partial charge in [-0.15, -0.1) is 11.3 Å². The number of sulfonamides is 1. The summed E-state index contributed by atoms with van der Waals surface area (Å²) in [5, 5.41) is 2.38. The number of anilines is 1. The molecule has 0 aliphatic heterocycles. The first kappa shape index (κ1) is 14.6. The van der Waals surface area contributed by atoms with Crippen molar-refractivity contribution in [3.8, 4) is 0 Å². The van der Waals surface area contributed by atoms with Gasteiger partial charge < -0.3 is 5.73 Å². The standard InChI is InChI=1S/C11H10Cl2N2O2S2/c12-8-1-2-9(13)10(4-8)15-19(16,17)11-3-7(5-14)6-18-11/h1-4,6,15H,5,14H2. The fraction of sp³-hybridized carbons (Fsp3) is 0.0909. The molecule has 8 heteroatoms. The molecule has 0 spiro atoms. The monoisotopic (exact) mass is 336 g/mol. The van der Waals surface area contributed by atoms with Crippen LogP contribution in [0.1, 0.15) is 5.56 Å². The van der Waals surface area contributed by atoms with Gasteiger partial charge in [0, 0.05) is 11.6 Å². The molecule has 0 aliphatic rings. The van der Waals surface area contributed by atoms with E-state index in [1.807, 2.05) is 0 Å². The van der Waals surface area contributed by atoms with Crippen molar-refractivity contribution in [2.24, 2.45) is 5.73 Å². The summed E-state index contributed by atoms with van der Waals surface area (Å²) in [6.45, 7) is 0.296. The second kappa shape index (κ2) is 5.68. The molecular weight excluding hydrogens is 327 g/mol. The molecule has 1 aromatic heterocycles. The van der Waals surface area contributed by atoms with Gasteiger partial charge in [-0.2, -0.15) is 0 Å². The third kappa shape index (κ3) is 3.40. The van der Waals surface area contributed by atoms with Crippen molar-refractivity contribution in [2.75, 3.05) is 4.72 Å². The predicted molar refractivity (Wildman–Crippen MR) is 79.5 cm³/mol. The van der Waals surface area contributed by atoms with Crippen LogP contribution < -0.4 is 10.5 Å². The Morgan fingerprint density at radius 2 is 2.00 bits per heavy atom. The number of hydrogen-bond acceptors (Lipinski definition) is 4. The zero-order valence-corrected chi connectivity index (χ0v) is 12.7. The summed E-state index contributed by atoms with van der Waals surface area (Å²) < 4.78 is 26.9. The molecule has 1 aromatic carbocycles. The summed E-state index contributed by atoms with van der Waals surface area (Å²) in [5.74, 6) is 0. The van der Waals surface area contributed by atoms with Gasteiger partial charge in [0.25, 0.3) is 10.0 Å². The topological polar surface area (TPSA) is 72.2 Å². The number of nitrogens with two attached hydrogens (primary N) is 1. The summed E-state index contributed by atoms with van der Waals surface area (Å²) >= 11 is 12.8. The van der Waals surface area contributed by atoms with Gasteiger partial charge >= 0.3 is 0 Å². The molecule has 0 bridgehead atoms. The highest BCUT2D eigenvalue weighted by Crippen LogP contribution is 2.29. The lowest BCUT2D eigenvalue weighted by Crippen LogP contribution is -2.11. The van der Waals surface area contributed by atoms with E-state index >= 15 is 0 Å². The zero-order valence-electron chi connectivity index (χ0n) is 9.56. The van der Waals surface area contributed by atoms with Crippen molar-refractivity contribution in [3.05, 3.63) is 45.3 Å². The van der Waals surface area contributed by atoms with Gasteiger partial charge in [0.05, 0.1) is 10.7 Å². The Bertz CT molecular complexity index is 698. The molecule has 0 fully saturated rings. The molecule has 102 valence electrons. The first-order chi connectivity index (χ1) is 8.92. The highest BCUT2D eigenvalue weighted by Gasteiger charge is 2.18. The van der Waals surface area contributed by atoms with E-state index < -0.39 is 10.0 Å². The van der Waals surface area contributed by atoms with Crippen molar-refractivity contribution in [2.45, 2.75) is 10.8 Å². The van der Waals surface area contributed by atoms with E-state index in [0.29, 0.717) is 11.6 Å². The van der Waals surface area contributed by atoms with Crippen LogP contribution in [0.4, 0.5) is 5.69 Å². The van der Waals surface area contributed by atoms with E-state index in [9.17, 15) is 8.42 Å². The maximum Gasteiger partial charge on any atom is 0.271 e. The molecule has 0 atom stereocenters. The van der Waals surface area contributed by atoms with Crippen LogP contribution in [0.3, 0.4) is 0 Å². The Morgan fingerprint density at radius 3 is 2.63 bits per heavy atom. The minimum Gasteiger partial charge on any atom is -0.326 e. The summed E-state index contributed by atoms with van der Waals surface area (Å²) in [4.78, 5) is 0. The van der Waals surface area contributed by atoms with Crippen molar-refractivity contribution in [3.63, 3.8) is 0 Å². The molecule has 2 aromatic rings. The van der Waals surface area contributed by atoms with Gasteiger partial charge in [0.1, 0.15) is 4.21 Å². The van der Waals surface area contributed by atoms with Crippen LogP contribution in [0.25, 0.3) is 0 Å². The highest BCUT2D eigenvalue weighted by molar-refractivity contribution is 7.94. The predicted octanol–water partition coefficient (Wildman–Crippen LogP) is 3.31. The Labute approximate surface area is 125 Å². The summed E-state index contributed by atoms with van der Waals surface area (Å²) in [6.07, 6.45) is 0. The Hall–Kier alpha value is -0.790. The molecule has 3 N–H and O–H groups in total. The van der Waals surface area contributed by atoms with Gasteiger partial charge in [-0.05, 0) is 35.2 Å². The second-order valence-corrected chi connectivity index (χ2v) is 7.37. The summed E-state index contributed by atoms with van der Waals surface area (Å²) in [5.41, 5.74) is 6.47. The van der Waals surface area contributed by atoms with Crippen LogP contribution in [0.15, 0.2) is 33.9 Å². The molecule has 0 unspecified atom stereocenters. The van der Waals surface area contributed by atoms with Crippen LogP contribution >= 0.6 is 34.5 Å². The van der Waals surface area contributed by atoms with E-state index in [0.717, 1.165) is 16.9 Å². The van der Waals surface area contributed by atoms with Crippen molar-refractivity contribution in [1.82, 2.24) is 0 Å². The third-order valence-corrected chi connectivity index (χ3v) is 5.72. The van der Waals surface area contributed by atoms with Crippen LogP contribution in [-0.4, -0.2) is 8.42 Å². The number of nitrogens with one attached hydrogen (secondary N) is 1. The van der Waals surface area contributed by atoms with Crippen LogP contribution in [0.5, 0.6) is 0 Å². The number of rotatable bonds is 4. The Kier molecular flexibility index (Phi) is 4.37. The Balaban J connectivity index is 2.33.